The van der Waals surface area contributed by atoms with E-state index in [1.54, 1.807) is 0 Å². The van der Waals surface area contributed by atoms with Crippen molar-refractivity contribution in [3.05, 3.63) is 29.8 Å². The van der Waals surface area contributed by atoms with Gasteiger partial charge in [-0.1, -0.05) is 31.5 Å². The van der Waals surface area contributed by atoms with Gasteiger partial charge < -0.3 is 10.2 Å². The predicted octanol–water partition coefficient (Wildman–Crippen LogP) is 2.96. The summed E-state index contributed by atoms with van der Waals surface area (Å²) in [5, 5.41) is 4.03. The van der Waals surface area contributed by atoms with Gasteiger partial charge in [-0.15, -0.1) is 0 Å². The fourth-order valence-corrected chi connectivity index (χ4v) is 1.48. The molecule has 0 saturated heterocycles. The molecule has 1 N–H and O–H groups in total. The monoisotopic (exact) mass is 236 g/mol. The van der Waals surface area contributed by atoms with Gasteiger partial charge in [0.1, 0.15) is 0 Å². The Morgan fingerprint density at radius 3 is 2.38 bits per heavy atom. The van der Waals surface area contributed by atoms with E-state index in [4.69, 9.17) is 12.2 Å². The Kier molecular flexibility index (Phi) is 4.74. The van der Waals surface area contributed by atoms with Crippen molar-refractivity contribution in [1.29, 1.82) is 0 Å². The molecule has 1 aromatic carbocycles. The van der Waals surface area contributed by atoms with E-state index < -0.39 is 0 Å². The molecular weight excluding hydrogens is 216 g/mol. The third-order valence-corrected chi connectivity index (χ3v) is 2.81. The summed E-state index contributed by atoms with van der Waals surface area (Å²) in [6.07, 6.45) is 0. The van der Waals surface area contributed by atoms with Crippen molar-refractivity contribution in [3.8, 4) is 0 Å². The summed E-state index contributed by atoms with van der Waals surface area (Å²) in [4.78, 5) is 2.00. The molecule has 0 amide bonds. The van der Waals surface area contributed by atoms with Crippen LogP contribution in [0.25, 0.3) is 0 Å². The molecule has 0 aliphatic heterocycles. The number of hydrogen-bond donors (Lipinski definition) is 1. The first-order valence-corrected chi connectivity index (χ1v) is 5.99. The van der Waals surface area contributed by atoms with Crippen LogP contribution in [0.3, 0.4) is 0 Å². The van der Waals surface area contributed by atoms with Crippen LogP contribution in [-0.2, 0) is 0 Å². The molecule has 1 rings (SSSR count). The third kappa shape index (κ3) is 3.81. The first-order valence-electron chi connectivity index (χ1n) is 5.59. The van der Waals surface area contributed by atoms with Gasteiger partial charge in [-0.25, -0.2) is 0 Å². The largest absolute Gasteiger partial charge is 0.362 e. The van der Waals surface area contributed by atoms with E-state index in [1.807, 2.05) is 11.9 Å². The molecule has 0 heterocycles. The van der Waals surface area contributed by atoms with Crippen LogP contribution in [0.1, 0.15) is 19.4 Å². The Labute approximate surface area is 104 Å². The van der Waals surface area contributed by atoms with E-state index in [0.29, 0.717) is 5.92 Å². The second-order valence-corrected chi connectivity index (χ2v) is 4.86. The van der Waals surface area contributed by atoms with Crippen molar-refractivity contribution in [2.24, 2.45) is 5.92 Å². The maximum atomic E-state index is 5.32. The fourth-order valence-electron chi connectivity index (χ4n) is 1.30. The lowest BCUT2D eigenvalue weighted by Gasteiger charge is -2.22. The number of nitrogens with zero attached hydrogens (tertiary/aromatic N) is 1. The summed E-state index contributed by atoms with van der Waals surface area (Å²) in [5.74, 6) is 0.601. The van der Waals surface area contributed by atoms with Crippen molar-refractivity contribution < 1.29 is 0 Å². The lowest BCUT2D eigenvalue weighted by molar-refractivity contribution is 0.625. The summed E-state index contributed by atoms with van der Waals surface area (Å²) in [6.45, 7) is 7.33. The first-order chi connectivity index (χ1) is 7.50. The summed E-state index contributed by atoms with van der Waals surface area (Å²) in [7, 11) is 1.99. The molecular formula is C13H20N2S. The number of rotatable bonds is 3. The second-order valence-electron chi connectivity index (χ2n) is 4.47. The van der Waals surface area contributed by atoms with Gasteiger partial charge in [-0.05, 0) is 37.2 Å². The Hall–Kier alpha value is -1.09. The average molecular weight is 236 g/mol. The number of benzene rings is 1. The van der Waals surface area contributed by atoms with E-state index >= 15 is 0 Å². The first kappa shape index (κ1) is 13.0. The van der Waals surface area contributed by atoms with Crippen LogP contribution in [0.15, 0.2) is 24.3 Å². The molecule has 0 spiro atoms. The summed E-state index contributed by atoms with van der Waals surface area (Å²) in [6, 6.07) is 8.35. The molecule has 0 fully saturated rings. The SMILES string of the molecule is Cc1ccc(N(C)C(=S)NCC(C)C)cc1. The summed E-state index contributed by atoms with van der Waals surface area (Å²) in [5.41, 5.74) is 2.38. The maximum absolute atomic E-state index is 5.32. The van der Waals surface area contributed by atoms with Crippen molar-refractivity contribution >= 4 is 23.0 Å². The minimum Gasteiger partial charge on any atom is -0.362 e. The van der Waals surface area contributed by atoms with E-state index in [-0.39, 0.29) is 0 Å². The number of hydrogen-bond acceptors (Lipinski definition) is 1. The van der Waals surface area contributed by atoms with Crippen LogP contribution in [0.5, 0.6) is 0 Å². The minimum absolute atomic E-state index is 0.601. The average Bonchev–Trinajstić information content (AvgIpc) is 2.26. The number of nitrogens with one attached hydrogen (secondary N) is 1. The molecule has 3 heteroatoms. The van der Waals surface area contributed by atoms with E-state index in [1.165, 1.54) is 5.56 Å². The zero-order valence-corrected chi connectivity index (χ0v) is 11.3. The van der Waals surface area contributed by atoms with E-state index in [0.717, 1.165) is 17.3 Å². The number of anilines is 1. The Morgan fingerprint density at radius 2 is 1.88 bits per heavy atom. The van der Waals surface area contributed by atoms with Gasteiger partial charge in [0.05, 0.1) is 0 Å². The molecule has 0 bridgehead atoms. The fraction of sp³-hybridized carbons (Fsp3) is 0.462. The Balaban J connectivity index is 2.59. The van der Waals surface area contributed by atoms with Gasteiger partial charge in [0, 0.05) is 19.3 Å². The lowest BCUT2D eigenvalue weighted by Crippen LogP contribution is -2.38. The van der Waals surface area contributed by atoms with Crippen LogP contribution in [0.4, 0.5) is 5.69 Å². The standard InChI is InChI=1S/C13H20N2S/c1-10(2)9-14-13(16)15(4)12-7-5-11(3)6-8-12/h5-8,10H,9H2,1-4H3,(H,14,16). The topological polar surface area (TPSA) is 15.3 Å². The Morgan fingerprint density at radius 1 is 1.31 bits per heavy atom. The van der Waals surface area contributed by atoms with Crippen LogP contribution >= 0.6 is 12.2 Å². The summed E-state index contributed by atoms with van der Waals surface area (Å²) >= 11 is 5.32. The van der Waals surface area contributed by atoms with Crippen molar-refractivity contribution in [2.45, 2.75) is 20.8 Å². The highest BCUT2D eigenvalue weighted by molar-refractivity contribution is 7.80. The third-order valence-electron chi connectivity index (χ3n) is 2.39. The molecule has 0 saturated carbocycles. The van der Waals surface area contributed by atoms with E-state index in [9.17, 15) is 0 Å². The van der Waals surface area contributed by atoms with Crippen LogP contribution in [-0.4, -0.2) is 18.7 Å². The van der Waals surface area contributed by atoms with Crippen LogP contribution in [0, 0.1) is 12.8 Å². The second kappa shape index (κ2) is 5.85. The highest BCUT2D eigenvalue weighted by atomic mass is 32.1. The Bertz CT molecular complexity index is 343. The van der Waals surface area contributed by atoms with Crippen molar-refractivity contribution in [3.63, 3.8) is 0 Å². The van der Waals surface area contributed by atoms with Crippen LogP contribution < -0.4 is 10.2 Å². The maximum Gasteiger partial charge on any atom is 0.173 e. The quantitative estimate of drug-likeness (QED) is 0.812. The molecule has 0 atom stereocenters. The van der Waals surface area contributed by atoms with Gasteiger partial charge >= 0.3 is 0 Å². The molecule has 0 aromatic heterocycles. The highest BCUT2D eigenvalue weighted by Crippen LogP contribution is 2.13. The van der Waals surface area contributed by atoms with Gasteiger partial charge in [0.25, 0.3) is 0 Å². The highest BCUT2D eigenvalue weighted by Gasteiger charge is 2.06. The molecule has 2 nitrogen and oxygen atoms in total. The van der Waals surface area contributed by atoms with Crippen LogP contribution in [0.2, 0.25) is 0 Å². The van der Waals surface area contributed by atoms with Gasteiger partial charge in [-0.2, -0.15) is 0 Å². The lowest BCUT2D eigenvalue weighted by atomic mass is 10.2. The molecule has 0 aliphatic rings. The molecule has 0 radical (unpaired) electrons. The predicted molar refractivity (Wildman–Crippen MR) is 75.0 cm³/mol. The zero-order chi connectivity index (χ0) is 12.1. The molecule has 16 heavy (non-hydrogen) atoms. The van der Waals surface area contributed by atoms with Gasteiger partial charge in [0.15, 0.2) is 5.11 Å². The zero-order valence-electron chi connectivity index (χ0n) is 10.4. The van der Waals surface area contributed by atoms with Crippen molar-refractivity contribution in [1.82, 2.24) is 5.32 Å². The molecule has 88 valence electrons. The van der Waals surface area contributed by atoms with Gasteiger partial charge in [-0.3, -0.25) is 0 Å². The van der Waals surface area contributed by atoms with Crippen molar-refractivity contribution in [2.75, 3.05) is 18.5 Å². The van der Waals surface area contributed by atoms with Gasteiger partial charge in [0.2, 0.25) is 0 Å². The number of thiocarbonyl (C=S) groups is 1. The minimum atomic E-state index is 0.601. The smallest absolute Gasteiger partial charge is 0.173 e. The molecule has 0 aliphatic carbocycles. The molecule has 1 aromatic rings. The van der Waals surface area contributed by atoms with E-state index in [2.05, 4.69) is 50.4 Å². The normalized spacial score (nSPS) is 10.3. The molecule has 0 unspecified atom stereocenters. The number of aryl methyl sites for hydroxylation is 1. The summed E-state index contributed by atoms with van der Waals surface area (Å²) < 4.78 is 0.